The number of nitrogens with one attached hydrogen (secondary N) is 1. The van der Waals surface area contributed by atoms with Gasteiger partial charge in [0.05, 0.1) is 12.4 Å². The van der Waals surface area contributed by atoms with Gasteiger partial charge in [-0.05, 0) is 24.3 Å². The standard InChI is InChI=1S/C11H16ClNO4S/c1-16-7-8-17-11-4-2-10(3-5-11)13-18(14,15)9-6-12/h2-5,13H,6-9H2,1H3. The van der Waals surface area contributed by atoms with Crippen molar-refractivity contribution in [3.05, 3.63) is 24.3 Å². The lowest BCUT2D eigenvalue weighted by Gasteiger charge is -2.08. The van der Waals surface area contributed by atoms with Crippen LogP contribution in [0.4, 0.5) is 5.69 Å². The molecule has 0 atom stereocenters. The molecule has 0 aromatic heterocycles. The quantitative estimate of drug-likeness (QED) is 0.585. The van der Waals surface area contributed by atoms with Crippen molar-refractivity contribution >= 4 is 27.3 Å². The number of hydrogen-bond donors (Lipinski definition) is 1. The maximum absolute atomic E-state index is 11.5. The highest BCUT2D eigenvalue weighted by atomic mass is 35.5. The van der Waals surface area contributed by atoms with E-state index < -0.39 is 10.0 Å². The third kappa shape index (κ3) is 5.57. The van der Waals surface area contributed by atoms with Crippen molar-refractivity contribution in [3.63, 3.8) is 0 Å². The van der Waals surface area contributed by atoms with Crippen molar-refractivity contribution in [2.24, 2.45) is 0 Å². The summed E-state index contributed by atoms with van der Waals surface area (Å²) in [5.74, 6) is 0.612. The molecule has 0 amide bonds. The zero-order chi connectivity index (χ0) is 13.4. The van der Waals surface area contributed by atoms with Gasteiger partial charge in [-0.2, -0.15) is 0 Å². The minimum Gasteiger partial charge on any atom is -0.491 e. The van der Waals surface area contributed by atoms with Crippen molar-refractivity contribution in [2.45, 2.75) is 0 Å². The van der Waals surface area contributed by atoms with Gasteiger partial charge in [-0.25, -0.2) is 8.42 Å². The van der Waals surface area contributed by atoms with Gasteiger partial charge in [0.1, 0.15) is 12.4 Å². The Balaban J connectivity index is 2.55. The van der Waals surface area contributed by atoms with Crippen LogP contribution in [0.25, 0.3) is 0 Å². The van der Waals surface area contributed by atoms with Crippen molar-refractivity contribution in [1.82, 2.24) is 0 Å². The van der Waals surface area contributed by atoms with Crippen LogP contribution in [0.3, 0.4) is 0 Å². The average molecular weight is 294 g/mol. The minimum atomic E-state index is -3.36. The Morgan fingerprint density at radius 3 is 2.44 bits per heavy atom. The Bertz CT molecular complexity index is 447. The topological polar surface area (TPSA) is 64.6 Å². The van der Waals surface area contributed by atoms with Crippen LogP contribution < -0.4 is 9.46 Å². The van der Waals surface area contributed by atoms with E-state index in [1.165, 1.54) is 0 Å². The van der Waals surface area contributed by atoms with E-state index in [9.17, 15) is 8.42 Å². The third-order valence-electron chi connectivity index (χ3n) is 2.03. The molecule has 18 heavy (non-hydrogen) atoms. The van der Waals surface area contributed by atoms with Gasteiger partial charge in [0, 0.05) is 18.7 Å². The number of anilines is 1. The van der Waals surface area contributed by atoms with E-state index in [1.54, 1.807) is 31.4 Å². The zero-order valence-electron chi connectivity index (χ0n) is 10.1. The SMILES string of the molecule is COCCOc1ccc(NS(=O)(=O)CCCl)cc1. The molecule has 5 nitrogen and oxygen atoms in total. The molecule has 0 unspecified atom stereocenters. The number of sulfonamides is 1. The fourth-order valence-electron chi connectivity index (χ4n) is 1.19. The fraction of sp³-hybridized carbons (Fsp3) is 0.455. The van der Waals surface area contributed by atoms with Crippen LogP contribution in [0.5, 0.6) is 5.75 Å². The molecule has 0 heterocycles. The van der Waals surface area contributed by atoms with Gasteiger partial charge in [0.15, 0.2) is 0 Å². The van der Waals surface area contributed by atoms with E-state index in [2.05, 4.69) is 4.72 Å². The molecule has 1 N–H and O–H groups in total. The molecule has 0 saturated carbocycles. The van der Waals surface area contributed by atoms with Crippen LogP contribution in [0.15, 0.2) is 24.3 Å². The van der Waals surface area contributed by atoms with E-state index in [1.807, 2.05) is 0 Å². The highest BCUT2D eigenvalue weighted by Crippen LogP contribution is 2.16. The number of benzene rings is 1. The summed E-state index contributed by atoms with van der Waals surface area (Å²) in [6.45, 7) is 0.956. The Kier molecular flexibility index (Phi) is 6.24. The second kappa shape index (κ2) is 7.45. The number of rotatable bonds is 8. The van der Waals surface area contributed by atoms with Gasteiger partial charge < -0.3 is 9.47 Å². The summed E-state index contributed by atoms with van der Waals surface area (Å²) in [6.07, 6.45) is 0. The van der Waals surface area contributed by atoms with Crippen LogP contribution in [0.1, 0.15) is 0 Å². The lowest BCUT2D eigenvalue weighted by molar-refractivity contribution is 0.146. The predicted molar refractivity (Wildman–Crippen MR) is 71.9 cm³/mol. The molecule has 0 saturated heterocycles. The summed E-state index contributed by atoms with van der Waals surface area (Å²) >= 11 is 5.40. The molecule has 1 aromatic carbocycles. The second-order valence-electron chi connectivity index (χ2n) is 3.48. The Labute approximate surface area is 112 Å². The van der Waals surface area contributed by atoms with E-state index >= 15 is 0 Å². The first-order valence-corrected chi connectivity index (χ1v) is 7.54. The molecule has 0 spiro atoms. The molecule has 1 aromatic rings. The molecule has 0 radical (unpaired) electrons. The third-order valence-corrected chi connectivity index (χ3v) is 3.73. The molecule has 0 bridgehead atoms. The van der Waals surface area contributed by atoms with Crippen molar-refractivity contribution in [1.29, 1.82) is 0 Å². The number of alkyl halides is 1. The number of hydrogen-bond acceptors (Lipinski definition) is 4. The van der Waals surface area contributed by atoms with E-state index in [0.29, 0.717) is 24.7 Å². The van der Waals surface area contributed by atoms with Crippen LogP contribution in [0, 0.1) is 0 Å². The summed E-state index contributed by atoms with van der Waals surface area (Å²) in [4.78, 5) is 0. The lowest BCUT2D eigenvalue weighted by atomic mass is 10.3. The largest absolute Gasteiger partial charge is 0.491 e. The van der Waals surface area contributed by atoms with Gasteiger partial charge in [-0.15, -0.1) is 11.6 Å². The smallest absolute Gasteiger partial charge is 0.233 e. The summed E-state index contributed by atoms with van der Waals surface area (Å²) in [7, 11) is -1.77. The van der Waals surface area contributed by atoms with E-state index in [4.69, 9.17) is 21.1 Å². The van der Waals surface area contributed by atoms with Gasteiger partial charge >= 0.3 is 0 Å². The minimum absolute atomic E-state index is 0.0630. The molecule has 0 fully saturated rings. The maximum atomic E-state index is 11.5. The lowest BCUT2D eigenvalue weighted by Crippen LogP contribution is -2.17. The van der Waals surface area contributed by atoms with Crippen LogP contribution >= 0.6 is 11.6 Å². The highest BCUT2D eigenvalue weighted by Gasteiger charge is 2.08. The molecule has 0 aliphatic rings. The van der Waals surface area contributed by atoms with E-state index in [0.717, 1.165) is 0 Å². The Hall–Kier alpha value is -0.980. The zero-order valence-corrected chi connectivity index (χ0v) is 11.6. The summed E-state index contributed by atoms with van der Waals surface area (Å²) in [5.41, 5.74) is 0.485. The molecular weight excluding hydrogens is 278 g/mol. The first kappa shape index (κ1) is 15.1. The highest BCUT2D eigenvalue weighted by molar-refractivity contribution is 7.92. The average Bonchev–Trinajstić information content (AvgIpc) is 2.31. The number of methoxy groups -OCH3 is 1. The Morgan fingerprint density at radius 2 is 1.89 bits per heavy atom. The van der Waals surface area contributed by atoms with Gasteiger partial charge in [-0.3, -0.25) is 4.72 Å². The summed E-state index contributed by atoms with van der Waals surface area (Å²) in [5, 5.41) is 0. The molecular formula is C11H16ClNO4S. The number of ether oxygens (including phenoxy) is 2. The first-order valence-electron chi connectivity index (χ1n) is 5.35. The van der Waals surface area contributed by atoms with Crippen molar-refractivity contribution in [3.8, 4) is 5.75 Å². The molecule has 0 aliphatic heterocycles. The summed E-state index contributed by atoms with van der Waals surface area (Å²) < 4.78 is 35.5. The predicted octanol–water partition coefficient (Wildman–Crippen LogP) is 1.69. The second-order valence-corrected chi connectivity index (χ2v) is 5.70. The summed E-state index contributed by atoms with van der Waals surface area (Å²) in [6, 6.07) is 6.64. The Morgan fingerprint density at radius 1 is 1.22 bits per heavy atom. The van der Waals surface area contributed by atoms with Crippen LogP contribution in [-0.2, 0) is 14.8 Å². The van der Waals surface area contributed by atoms with Crippen molar-refractivity contribution in [2.75, 3.05) is 36.7 Å². The molecule has 1 rings (SSSR count). The van der Waals surface area contributed by atoms with Gasteiger partial charge in [-0.1, -0.05) is 0 Å². The van der Waals surface area contributed by atoms with Gasteiger partial charge in [0.25, 0.3) is 0 Å². The normalized spacial score (nSPS) is 11.2. The van der Waals surface area contributed by atoms with Gasteiger partial charge in [0.2, 0.25) is 10.0 Å². The fourth-order valence-corrected chi connectivity index (χ4v) is 2.60. The van der Waals surface area contributed by atoms with Crippen molar-refractivity contribution < 1.29 is 17.9 Å². The van der Waals surface area contributed by atoms with Crippen LogP contribution in [0.2, 0.25) is 0 Å². The molecule has 102 valence electrons. The van der Waals surface area contributed by atoms with Crippen LogP contribution in [-0.4, -0.2) is 40.4 Å². The van der Waals surface area contributed by atoms with E-state index in [-0.39, 0.29) is 11.6 Å². The first-order chi connectivity index (χ1) is 8.57. The number of halogens is 1. The molecule has 0 aliphatic carbocycles. The monoisotopic (exact) mass is 293 g/mol. The molecule has 7 heteroatoms. The maximum Gasteiger partial charge on any atom is 0.233 e.